The van der Waals surface area contributed by atoms with Gasteiger partial charge in [-0.3, -0.25) is 23.5 Å². The Morgan fingerprint density at radius 2 is 1.77 bits per heavy atom. The summed E-state index contributed by atoms with van der Waals surface area (Å²) in [6, 6.07) is 12.1. The lowest BCUT2D eigenvalue weighted by atomic mass is 10.2. The minimum Gasteiger partial charge on any atom is -0.345 e. The van der Waals surface area contributed by atoms with E-state index in [9.17, 15) is 19.2 Å². The van der Waals surface area contributed by atoms with Crippen LogP contribution in [0.2, 0.25) is 0 Å². The van der Waals surface area contributed by atoms with Gasteiger partial charge in [0.1, 0.15) is 6.54 Å². The first kappa shape index (κ1) is 21.5. The van der Waals surface area contributed by atoms with Crippen LogP contribution in [0.1, 0.15) is 12.5 Å². The highest BCUT2D eigenvalue weighted by molar-refractivity contribution is 9.10. The van der Waals surface area contributed by atoms with Crippen LogP contribution < -0.4 is 21.9 Å². The quantitative estimate of drug-likeness (QED) is 0.572. The Labute approximate surface area is 180 Å². The Bertz CT molecular complexity index is 1250. The number of nitrogens with one attached hydrogen (secondary N) is 2. The lowest BCUT2D eigenvalue weighted by molar-refractivity contribution is -0.124. The second kappa shape index (κ2) is 9.08. The van der Waals surface area contributed by atoms with Gasteiger partial charge in [-0.15, -0.1) is 0 Å². The Morgan fingerprint density at radius 3 is 2.47 bits per heavy atom. The fraction of sp³-hybridized carbons (Fsp3) is 0.238. The van der Waals surface area contributed by atoms with E-state index in [1.807, 2.05) is 13.0 Å². The number of rotatable bonds is 6. The molecule has 0 unspecified atom stereocenters. The van der Waals surface area contributed by atoms with E-state index in [0.29, 0.717) is 16.6 Å². The van der Waals surface area contributed by atoms with E-state index in [-0.39, 0.29) is 31.1 Å². The fourth-order valence-electron chi connectivity index (χ4n) is 3.14. The Balaban J connectivity index is 1.74. The molecule has 0 radical (unpaired) electrons. The minimum atomic E-state index is -0.564. The highest BCUT2D eigenvalue weighted by Crippen LogP contribution is 2.19. The Morgan fingerprint density at radius 1 is 1.03 bits per heavy atom. The van der Waals surface area contributed by atoms with E-state index in [4.69, 9.17) is 0 Å². The zero-order valence-electron chi connectivity index (χ0n) is 16.6. The maximum absolute atomic E-state index is 12.7. The van der Waals surface area contributed by atoms with Crippen LogP contribution in [0.15, 0.2) is 56.5 Å². The molecule has 2 N–H and O–H groups in total. The molecule has 0 saturated heterocycles. The third-order valence-electron chi connectivity index (χ3n) is 4.66. The SMILES string of the molecule is CCn1c(=O)c2ccccc2n(CC(=O)NCC(=O)Nc2ccc(Br)cc2C)c1=O. The molecule has 0 aliphatic heterocycles. The first-order chi connectivity index (χ1) is 14.3. The molecule has 0 atom stereocenters. The number of hydrogen-bond donors (Lipinski definition) is 2. The largest absolute Gasteiger partial charge is 0.345 e. The molecule has 30 heavy (non-hydrogen) atoms. The Kier molecular flexibility index (Phi) is 6.51. The van der Waals surface area contributed by atoms with Crippen LogP contribution in [-0.2, 0) is 22.7 Å². The molecule has 156 valence electrons. The normalized spacial score (nSPS) is 10.8. The molecule has 0 bridgehead atoms. The van der Waals surface area contributed by atoms with Gasteiger partial charge >= 0.3 is 5.69 Å². The fourth-order valence-corrected chi connectivity index (χ4v) is 3.62. The van der Waals surface area contributed by atoms with Gasteiger partial charge in [0.25, 0.3) is 5.56 Å². The zero-order chi connectivity index (χ0) is 21.8. The molecule has 0 spiro atoms. The highest BCUT2D eigenvalue weighted by Gasteiger charge is 2.15. The number of aryl methyl sites for hydroxylation is 1. The summed E-state index contributed by atoms with van der Waals surface area (Å²) in [5, 5.41) is 5.61. The number of anilines is 1. The number of para-hydroxylation sites is 1. The van der Waals surface area contributed by atoms with Gasteiger partial charge in [0.15, 0.2) is 0 Å². The molecule has 3 rings (SSSR count). The van der Waals surface area contributed by atoms with Crippen LogP contribution in [0.5, 0.6) is 0 Å². The molecule has 0 aliphatic carbocycles. The molecule has 3 aromatic rings. The molecule has 2 aromatic carbocycles. The van der Waals surface area contributed by atoms with Crippen molar-refractivity contribution in [2.75, 3.05) is 11.9 Å². The third kappa shape index (κ3) is 4.51. The molecule has 0 aliphatic rings. The standard InChI is InChI=1S/C21H21BrN4O4/c1-3-25-20(29)15-6-4-5-7-17(15)26(21(25)30)12-19(28)23-11-18(27)24-16-9-8-14(22)10-13(16)2/h4-10H,3,11-12H2,1-2H3,(H,23,28)(H,24,27). The van der Waals surface area contributed by atoms with Crippen LogP contribution >= 0.6 is 15.9 Å². The molecule has 9 heteroatoms. The molecule has 8 nitrogen and oxygen atoms in total. The van der Waals surface area contributed by atoms with Crippen molar-refractivity contribution in [1.82, 2.24) is 14.5 Å². The number of fused-ring (bicyclic) bond motifs is 1. The van der Waals surface area contributed by atoms with Crippen LogP contribution in [0.25, 0.3) is 10.9 Å². The second-order valence-electron chi connectivity index (χ2n) is 6.72. The van der Waals surface area contributed by atoms with Gasteiger partial charge < -0.3 is 10.6 Å². The Hall–Kier alpha value is -3.20. The van der Waals surface area contributed by atoms with Gasteiger partial charge in [0.2, 0.25) is 11.8 Å². The monoisotopic (exact) mass is 472 g/mol. The highest BCUT2D eigenvalue weighted by atomic mass is 79.9. The molecule has 2 amide bonds. The van der Waals surface area contributed by atoms with Crippen molar-refractivity contribution in [1.29, 1.82) is 0 Å². The summed E-state index contributed by atoms with van der Waals surface area (Å²) in [5.74, 6) is -0.893. The first-order valence-electron chi connectivity index (χ1n) is 9.37. The number of amides is 2. The van der Waals surface area contributed by atoms with E-state index in [1.54, 1.807) is 43.3 Å². The van der Waals surface area contributed by atoms with Crippen LogP contribution in [0.4, 0.5) is 5.69 Å². The van der Waals surface area contributed by atoms with Gasteiger partial charge in [-0.05, 0) is 49.7 Å². The number of carbonyl (C=O) groups excluding carboxylic acids is 2. The zero-order valence-corrected chi connectivity index (χ0v) is 18.2. The number of carbonyl (C=O) groups is 2. The molecular formula is C21H21BrN4O4. The predicted molar refractivity (Wildman–Crippen MR) is 119 cm³/mol. The minimum absolute atomic E-state index is 0.194. The predicted octanol–water partition coefficient (Wildman–Crippen LogP) is 2.01. The van der Waals surface area contributed by atoms with Gasteiger partial charge in [-0.1, -0.05) is 28.1 Å². The summed E-state index contributed by atoms with van der Waals surface area (Å²) in [7, 11) is 0. The van der Waals surface area contributed by atoms with E-state index in [2.05, 4.69) is 26.6 Å². The summed E-state index contributed by atoms with van der Waals surface area (Å²) >= 11 is 3.36. The molecule has 0 fully saturated rings. The summed E-state index contributed by atoms with van der Waals surface area (Å²) in [4.78, 5) is 49.7. The lowest BCUT2D eigenvalue weighted by Crippen LogP contribution is -2.43. The van der Waals surface area contributed by atoms with Crippen molar-refractivity contribution in [3.8, 4) is 0 Å². The molecule has 0 saturated carbocycles. The van der Waals surface area contributed by atoms with Gasteiger partial charge in [0, 0.05) is 16.7 Å². The summed E-state index contributed by atoms with van der Waals surface area (Å²) in [5.41, 5.74) is 0.950. The molecule has 1 heterocycles. The van der Waals surface area contributed by atoms with Crippen molar-refractivity contribution < 1.29 is 9.59 Å². The van der Waals surface area contributed by atoms with Crippen molar-refractivity contribution >= 4 is 44.3 Å². The summed E-state index contributed by atoms with van der Waals surface area (Å²) < 4.78 is 3.22. The van der Waals surface area contributed by atoms with Crippen molar-refractivity contribution in [3.05, 3.63) is 73.3 Å². The van der Waals surface area contributed by atoms with Crippen molar-refractivity contribution in [3.63, 3.8) is 0 Å². The average molecular weight is 473 g/mol. The lowest BCUT2D eigenvalue weighted by Gasteiger charge is -2.13. The topological polar surface area (TPSA) is 102 Å². The van der Waals surface area contributed by atoms with Gasteiger partial charge in [0.05, 0.1) is 17.4 Å². The second-order valence-corrected chi connectivity index (χ2v) is 7.64. The maximum atomic E-state index is 12.7. The van der Waals surface area contributed by atoms with Crippen molar-refractivity contribution in [2.24, 2.45) is 0 Å². The van der Waals surface area contributed by atoms with E-state index < -0.39 is 11.6 Å². The van der Waals surface area contributed by atoms with Crippen molar-refractivity contribution in [2.45, 2.75) is 26.9 Å². The number of benzene rings is 2. The van der Waals surface area contributed by atoms with E-state index in [0.717, 1.165) is 14.6 Å². The third-order valence-corrected chi connectivity index (χ3v) is 5.15. The first-order valence-corrected chi connectivity index (χ1v) is 10.2. The number of halogens is 1. The maximum Gasteiger partial charge on any atom is 0.331 e. The molecule has 1 aromatic heterocycles. The summed E-state index contributed by atoms with van der Waals surface area (Å²) in [6.45, 7) is 3.20. The van der Waals surface area contributed by atoms with Crippen LogP contribution in [0, 0.1) is 6.92 Å². The summed E-state index contributed by atoms with van der Waals surface area (Å²) in [6.07, 6.45) is 0. The number of nitrogens with zero attached hydrogens (tertiary/aromatic N) is 2. The van der Waals surface area contributed by atoms with Gasteiger partial charge in [-0.2, -0.15) is 0 Å². The number of aromatic nitrogens is 2. The smallest absolute Gasteiger partial charge is 0.331 e. The molecular weight excluding hydrogens is 452 g/mol. The van der Waals surface area contributed by atoms with Crippen LogP contribution in [0.3, 0.4) is 0 Å². The number of hydrogen-bond acceptors (Lipinski definition) is 4. The average Bonchev–Trinajstić information content (AvgIpc) is 2.72. The van der Waals surface area contributed by atoms with Crippen LogP contribution in [-0.4, -0.2) is 27.5 Å². The van der Waals surface area contributed by atoms with E-state index in [1.165, 1.54) is 4.57 Å². The van der Waals surface area contributed by atoms with Gasteiger partial charge in [-0.25, -0.2) is 4.79 Å². The van der Waals surface area contributed by atoms with E-state index >= 15 is 0 Å².